The largest absolute Gasteiger partial charge is 0.459 e. The number of furan rings is 1. The van der Waals surface area contributed by atoms with Crippen LogP contribution in [0.2, 0.25) is 0 Å². The third-order valence-corrected chi connectivity index (χ3v) is 4.14. The SMILES string of the molecule is CCNC(=NCc1ccc(NC(=O)c2ccco2)cc1)NCCCn1cccn1. The molecule has 2 aromatic heterocycles. The molecule has 8 heteroatoms. The van der Waals surface area contributed by atoms with Crippen molar-refractivity contribution in [2.75, 3.05) is 18.4 Å². The predicted molar refractivity (Wildman–Crippen MR) is 113 cm³/mol. The highest BCUT2D eigenvalue weighted by molar-refractivity contribution is 6.02. The first kappa shape index (κ1) is 20.2. The van der Waals surface area contributed by atoms with Crippen molar-refractivity contribution in [2.24, 2.45) is 4.99 Å². The van der Waals surface area contributed by atoms with Gasteiger partial charge in [-0.3, -0.25) is 9.48 Å². The summed E-state index contributed by atoms with van der Waals surface area (Å²) in [6, 6.07) is 12.8. The van der Waals surface area contributed by atoms with Crippen LogP contribution >= 0.6 is 0 Å². The van der Waals surface area contributed by atoms with Crippen LogP contribution in [0.5, 0.6) is 0 Å². The summed E-state index contributed by atoms with van der Waals surface area (Å²) >= 11 is 0. The van der Waals surface area contributed by atoms with Gasteiger partial charge in [-0.25, -0.2) is 4.99 Å². The average Bonchev–Trinajstić information content (AvgIpc) is 3.44. The molecule has 1 amide bonds. The molecule has 0 saturated carbocycles. The quantitative estimate of drug-likeness (QED) is 0.295. The lowest BCUT2D eigenvalue weighted by molar-refractivity contribution is 0.0996. The molecule has 29 heavy (non-hydrogen) atoms. The number of aryl methyl sites for hydroxylation is 1. The molecule has 0 radical (unpaired) electrons. The molecule has 8 nitrogen and oxygen atoms in total. The Morgan fingerprint density at radius 3 is 2.72 bits per heavy atom. The number of aliphatic imine (C=N–C) groups is 1. The van der Waals surface area contributed by atoms with E-state index in [9.17, 15) is 4.79 Å². The van der Waals surface area contributed by atoms with Crippen molar-refractivity contribution < 1.29 is 9.21 Å². The van der Waals surface area contributed by atoms with E-state index in [0.29, 0.717) is 12.2 Å². The molecule has 0 spiro atoms. The van der Waals surface area contributed by atoms with Crippen molar-refractivity contribution in [3.63, 3.8) is 0 Å². The summed E-state index contributed by atoms with van der Waals surface area (Å²) in [5.74, 6) is 0.797. The van der Waals surface area contributed by atoms with E-state index in [4.69, 9.17) is 4.42 Å². The van der Waals surface area contributed by atoms with Crippen LogP contribution in [0.3, 0.4) is 0 Å². The number of anilines is 1. The number of carbonyl (C=O) groups is 1. The van der Waals surface area contributed by atoms with Gasteiger partial charge in [0, 0.05) is 37.7 Å². The summed E-state index contributed by atoms with van der Waals surface area (Å²) in [6.07, 6.45) is 6.17. The zero-order chi connectivity index (χ0) is 20.3. The maximum Gasteiger partial charge on any atom is 0.291 e. The Kier molecular flexibility index (Phi) is 7.45. The van der Waals surface area contributed by atoms with E-state index in [1.807, 2.05) is 48.1 Å². The molecule has 3 aromatic rings. The van der Waals surface area contributed by atoms with E-state index in [2.05, 4.69) is 26.0 Å². The molecule has 0 bridgehead atoms. The van der Waals surface area contributed by atoms with Crippen LogP contribution in [0.15, 0.2) is 70.5 Å². The number of hydrogen-bond donors (Lipinski definition) is 3. The number of guanidine groups is 1. The van der Waals surface area contributed by atoms with Crippen LogP contribution in [-0.4, -0.2) is 34.7 Å². The highest BCUT2D eigenvalue weighted by atomic mass is 16.3. The Morgan fingerprint density at radius 1 is 1.17 bits per heavy atom. The van der Waals surface area contributed by atoms with E-state index < -0.39 is 0 Å². The minimum atomic E-state index is -0.269. The van der Waals surface area contributed by atoms with Crippen molar-refractivity contribution >= 4 is 17.6 Å². The fraction of sp³-hybridized carbons (Fsp3) is 0.286. The molecule has 0 unspecified atom stereocenters. The molecular weight excluding hydrogens is 368 g/mol. The van der Waals surface area contributed by atoms with E-state index >= 15 is 0 Å². The summed E-state index contributed by atoms with van der Waals surface area (Å²) < 4.78 is 7.01. The number of hydrogen-bond acceptors (Lipinski definition) is 4. The van der Waals surface area contributed by atoms with Crippen LogP contribution in [0.25, 0.3) is 0 Å². The first-order valence-electron chi connectivity index (χ1n) is 9.68. The first-order valence-corrected chi connectivity index (χ1v) is 9.68. The fourth-order valence-corrected chi connectivity index (χ4v) is 2.69. The van der Waals surface area contributed by atoms with Gasteiger partial charge in [0.25, 0.3) is 5.91 Å². The number of nitrogens with one attached hydrogen (secondary N) is 3. The summed E-state index contributed by atoms with van der Waals surface area (Å²) in [6.45, 7) is 5.05. The molecule has 1 aromatic carbocycles. The number of amides is 1. The van der Waals surface area contributed by atoms with E-state index in [1.54, 1.807) is 18.3 Å². The minimum Gasteiger partial charge on any atom is -0.459 e. The molecular formula is C21H26N6O2. The van der Waals surface area contributed by atoms with Crippen LogP contribution in [-0.2, 0) is 13.1 Å². The van der Waals surface area contributed by atoms with Crippen LogP contribution in [0, 0.1) is 0 Å². The molecule has 0 fully saturated rings. The summed E-state index contributed by atoms with van der Waals surface area (Å²) in [5.41, 5.74) is 1.76. The monoisotopic (exact) mass is 394 g/mol. The Morgan fingerprint density at radius 2 is 2.03 bits per heavy atom. The van der Waals surface area contributed by atoms with Crippen molar-refractivity contribution in [2.45, 2.75) is 26.4 Å². The topological polar surface area (TPSA) is 96.5 Å². The predicted octanol–water partition coefficient (Wildman–Crippen LogP) is 2.87. The molecule has 3 N–H and O–H groups in total. The summed E-state index contributed by atoms with van der Waals surface area (Å²) in [4.78, 5) is 16.6. The van der Waals surface area contributed by atoms with E-state index in [0.717, 1.165) is 37.6 Å². The standard InChI is InChI=1S/C21H26N6O2/c1-2-22-21(23-11-4-13-27-14-5-12-25-27)24-16-17-7-9-18(10-8-17)26-20(28)19-6-3-15-29-19/h3,5-10,12,14-15H,2,4,11,13,16H2,1H3,(H,26,28)(H2,22,23,24). The minimum absolute atomic E-state index is 0.269. The Bertz CT molecular complexity index is 886. The van der Waals surface area contributed by atoms with Gasteiger partial charge < -0.3 is 20.4 Å². The number of rotatable bonds is 9. The molecule has 3 rings (SSSR count). The second kappa shape index (κ2) is 10.7. The third kappa shape index (κ3) is 6.53. The number of carbonyl (C=O) groups excluding carboxylic acids is 1. The number of benzene rings is 1. The van der Waals surface area contributed by atoms with Gasteiger partial charge in [-0.15, -0.1) is 0 Å². The van der Waals surface area contributed by atoms with Gasteiger partial charge in [0.05, 0.1) is 12.8 Å². The van der Waals surface area contributed by atoms with Gasteiger partial charge >= 0.3 is 0 Å². The van der Waals surface area contributed by atoms with Crippen LogP contribution < -0.4 is 16.0 Å². The fourth-order valence-electron chi connectivity index (χ4n) is 2.69. The lowest BCUT2D eigenvalue weighted by Crippen LogP contribution is -2.38. The molecule has 0 atom stereocenters. The molecule has 152 valence electrons. The van der Waals surface area contributed by atoms with Crippen molar-refractivity contribution in [3.05, 3.63) is 72.4 Å². The summed E-state index contributed by atoms with van der Waals surface area (Å²) in [5, 5.41) is 13.6. The van der Waals surface area contributed by atoms with Crippen molar-refractivity contribution in [1.82, 2.24) is 20.4 Å². The lowest BCUT2D eigenvalue weighted by atomic mass is 10.2. The normalized spacial score (nSPS) is 11.3. The molecule has 0 aliphatic carbocycles. The zero-order valence-electron chi connectivity index (χ0n) is 16.5. The van der Waals surface area contributed by atoms with E-state index in [1.165, 1.54) is 6.26 Å². The molecule has 0 saturated heterocycles. The van der Waals surface area contributed by atoms with Crippen molar-refractivity contribution in [3.8, 4) is 0 Å². The van der Waals surface area contributed by atoms with Gasteiger partial charge in [0.1, 0.15) is 0 Å². The third-order valence-electron chi connectivity index (χ3n) is 4.14. The van der Waals surface area contributed by atoms with Crippen LogP contribution in [0.1, 0.15) is 29.5 Å². The molecule has 0 aliphatic heterocycles. The Balaban J connectivity index is 1.47. The maximum absolute atomic E-state index is 12.0. The van der Waals surface area contributed by atoms with E-state index in [-0.39, 0.29) is 11.7 Å². The van der Waals surface area contributed by atoms with Crippen LogP contribution in [0.4, 0.5) is 5.69 Å². The smallest absolute Gasteiger partial charge is 0.291 e. The molecule has 2 heterocycles. The highest BCUT2D eigenvalue weighted by Gasteiger charge is 2.08. The summed E-state index contributed by atoms with van der Waals surface area (Å²) in [7, 11) is 0. The van der Waals surface area contributed by atoms with Gasteiger partial charge in [-0.1, -0.05) is 12.1 Å². The van der Waals surface area contributed by atoms with Gasteiger partial charge in [0.15, 0.2) is 11.7 Å². The average molecular weight is 394 g/mol. The van der Waals surface area contributed by atoms with Gasteiger partial charge in [-0.05, 0) is 49.2 Å². The highest BCUT2D eigenvalue weighted by Crippen LogP contribution is 2.12. The lowest BCUT2D eigenvalue weighted by Gasteiger charge is -2.11. The Hall–Kier alpha value is -3.55. The second-order valence-corrected chi connectivity index (χ2v) is 6.37. The second-order valence-electron chi connectivity index (χ2n) is 6.37. The maximum atomic E-state index is 12.0. The number of nitrogens with zero attached hydrogens (tertiary/aromatic N) is 3. The number of aromatic nitrogens is 2. The van der Waals surface area contributed by atoms with Gasteiger partial charge in [-0.2, -0.15) is 5.10 Å². The zero-order valence-corrected chi connectivity index (χ0v) is 16.5. The first-order chi connectivity index (χ1) is 14.2. The Labute approximate surface area is 170 Å². The van der Waals surface area contributed by atoms with Gasteiger partial charge in [0.2, 0.25) is 0 Å². The van der Waals surface area contributed by atoms with Crippen molar-refractivity contribution in [1.29, 1.82) is 0 Å². The molecule has 0 aliphatic rings.